The lowest BCUT2D eigenvalue weighted by Crippen LogP contribution is -2.38. The highest BCUT2D eigenvalue weighted by Crippen LogP contribution is 2.11. The number of hydrogen-bond donors (Lipinski definition) is 1. The molecule has 0 aliphatic carbocycles. The molecule has 0 saturated heterocycles. The smallest absolute Gasteiger partial charge is 0.194 e. The molecule has 9 heteroatoms. The third-order valence-electron chi connectivity index (χ3n) is 3.92. The zero-order valence-corrected chi connectivity index (χ0v) is 19.0. The van der Waals surface area contributed by atoms with E-state index in [1.54, 1.807) is 22.7 Å². The summed E-state index contributed by atoms with van der Waals surface area (Å²) in [4.78, 5) is 8.19. The second kappa shape index (κ2) is 10.0. The largest absolute Gasteiger partial charge is 0.351 e. The molecule has 0 atom stereocenters. The Labute approximate surface area is 179 Å². The van der Waals surface area contributed by atoms with E-state index < -0.39 is 0 Å². The quantitative estimate of drug-likeness (QED) is 0.318. The number of nitrogens with one attached hydrogen (secondary N) is 1. The first-order valence-electron chi connectivity index (χ1n) is 8.01. The van der Waals surface area contributed by atoms with E-state index >= 15 is 0 Å². The van der Waals surface area contributed by atoms with Crippen LogP contribution in [0.2, 0.25) is 0 Å². The Hall–Kier alpha value is -1.46. The number of hydrogen-bond acceptors (Lipinski definition) is 5. The summed E-state index contributed by atoms with van der Waals surface area (Å²) in [7, 11) is 4.02. The molecule has 3 rings (SSSR count). The molecule has 26 heavy (non-hydrogen) atoms. The van der Waals surface area contributed by atoms with Gasteiger partial charge in [0.1, 0.15) is 12.4 Å². The Morgan fingerprint density at radius 2 is 2.15 bits per heavy atom. The Kier molecular flexibility index (Phi) is 8.04. The number of aromatic nitrogens is 3. The maximum Gasteiger partial charge on any atom is 0.194 e. The van der Waals surface area contributed by atoms with E-state index in [0.717, 1.165) is 30.7 Å². The van der Waals surface area contributed by atoms with Crippen LogP contribution in [0.3, 0.4) is 0 Å². The van der Waals surface area contributed by atoms with Gasteiger partial charge in [-0.3, -0.25) is 0 Å². The average Bonchev–Trinajstić information content (AvgIpc) is 3.34. The lowest BCUT2D eigenvalue weighted by Gasteiger charge is -2.22. The van der Waals surface area contributed by atoms with Gasteiger partial charge in [0.05, 0.1) is 6.54 Å². The van der Waals surface area contributed by atoms with Gasteiger partial charge in [0.2, 0.25) is 0 Å². The highest BCUT2D eigenvalue weighted by Gasteiger charge is 2.10. The van der Waals surface area contributed by atoms with Gasteiger partial charge in [0.25, 0.3) is 0 Å². The highest BCUT2D eigenvalue weighted by molar-refractivity contribution is 14.0. The molecule has 0 unspecified atom stereocenters. The predicted molar refractivity (Wildman–Crippen MR) is 119 cm³/mol. The number of guanidine groups is 1. The summed E-state index contributed by atoms with van der Waals surface area (Å²) in [5.41, 5.74) is 1.28. The van der Waals surface area contributed by atoms with Gasteiger partial charge >= 0.3 is 0 Å². The minimum Gasteiger partial charge on any atom is -0.351 e. The Morgan fingerprint density at radius 3 is 2.77 bits per heavy atom. The van der Waals surface area contributed by atoms with Crippen LogP contribution in [0.1, 0.15) is 22.1 Å². The first-order chi connectivity index (χ1) is 12.1. The number of thiophene rings is 2. The van der Waals surface area contributed by atoms with Crippen molar-refractivity contribution in [3.05, 3.63) is 56.4 Å². The first-order valence-corrected chi connectivity index (χ1v) is 9.83. The SMILES string of the molecule is Cc1nnc(CN=C(NCc2cccs2)N(C)Cc2ccsc2)n1C.I. The van der Waals surface area contributed by atoms with E-state index in [4.69, 9.17) is 4.99 Å². The predicted octanol–water partition coefficient (Wildman–Crippen LogP) is 3.64. The van der Waals surface area contributed by atoms with Crippen LogP contribution in [-0.4, -0.2) is 32.7 Å². The number of halogens is 1. The normalized spacial score (nSPS) is 11.3. The molecule has 0 aromatic carbocycles. The van der Waals surface area contributed by atoms with Gasteiger partial charge < -0.3 is 14.8 Å². The van der Waals surface area contributed by atoms with Gasteiger partial charge in [-0.05, 0) is 40.8 Å². The molecule has 0 spiro atoms. The number of nitrogens with zero attached hydrogens (tertiary/aromatic N) is 5. The molecule has 0 radical (unpaired) electrons. The number of aryl methyl sites for hydroxylation is 1. The van der Waals surface area contributed by atoms with Gasteiger partial charge in [0, 0.05) is 25.5 Å². The van der Waals surface area contributed by atoms with Crippen LogP contribution >= 0.6 is 46.7 Å². The van der Waals surface area contributed by atoms with Gasteiger partial charge in [-0.1, -0.05) is 6.07 Å². The van der Waals surface area contributed by atoms with Crippen LogP contribution in [0, 0.1) is 6.92 Å². The van der Waals surface area contributed by atoms with E-state index in [9.17, 15) is 0 Å². The van der Waals surface area contributed by atoms with Crippen molar-refractivity contribution in [2.75, 3.05) is 7.05 Å². The van der Waals surface area contributed by atoms with Crippen LogP contribution in [-0.2, 0) is 26.7 Å². The molecule has 0 amide bonds. The van der Waals surface area contributed by atoms with E-state index in [1.165, 1.54) is 10.4 Å². The van der Waals surface area contributed by atoms with E-state index in [1.807, 2.05) is 18.5 Å². The minimum atomic E-state index is 0. The lowest BCUT2D eigenvalue weighted by molar-refractivity contribution is 0.475. The molecule has 3 aromatic rings. The maximum absolute atomic E-state index is 4.76. The minimum absolute atomic E-state index is 0. The molecule has 6 nitrogen and oxygen atoms in total. The van der Waals surface area contributed by atoms with Crippen LogP contribution in [0.4, 0.5) is 0 Å². The van der Waals surface area contributed by atoms with Crippen molar-refractivity contribution in [1.82, 2.24) is 25.0 Å². The lowest BCUT2D eigenvalue weighted by atomic mass is 10.3. The molecule has 3 aromatic heterocycles. The van der Waals surface area contributed by atoms with Gasteiger partial charge in [-0.25, -0.2) is 4.99 Å². The van der Waals surface area contributed by atoms with E-state index in [0.29, 0.717) is 6.54 Å². The Balaban J connectivity index is 0.00000243. The Bertz CT molecular complexity index is 811. The fraction of sp³-hybridized carbons (Fsp3) is 0.353. The summed E-state index contributed by atoms with van der Waals surface area (Å²) in [6.07, 6.45) is 0. The van der Waals surface area contributed by atoms with Crippen LogP contribution in [0.5, 0.6) is 0 Å². The Morgan fingerprint density at radius 1 is 1.31 bits per heavy atom. The van der Waals surface area contributed by atoms with Crippen molar-refractivity contribution in [2.45, 2.75) is 26.6 Å². The number of rotatable bonds is 6. The van der Waals surface area contributed by atoms with Crippen molar-refractivity contribution < 1.29 is 0 Å². The molecule has 1 N–H and O–H groups in total. The van der Waals surface area contributed by atoms with Crippen molar-refractivity contribution in [2.24, 2.45) is 12.0 Å². The van der Waals surface area contributed by atoms with E-state index in [2.05, 4.69) is 61.8 Å². The van der Waals surface area contributed by atoms with E-state index in [-0.39, 0.29) is 24.0 Å². The molecule has 0 aliphatic heterocycles. The van der Waals surface area contributed by atoms with Crippen molar-refractivity contribution >= 4 is 52.6 Å². The van der Waals surface area contributed by atoms with Crippen LogP contribution < -0.4 is 5.32 Å². The molecular weight excluding hydrogens is 479 g/mol. The van der Waals surface area contributed by atoms with Crippen molar-refractivity contribution in [3.63, 3.8) is 0 Å². The van der Waals surface area contributed by atoms with Crippen molar-refractivity contribution in [1.29, 1.82) is 0 Å². The summed E-state index contributed by atoms with van der Waals surface area (Å²) in [5.74, 6) is 2.61. The van der Waals surface area contributed by atoms with Crippen LogP contribution in [0.15, 0.2) is 39.3 Å². The highest BCUT2D eigenvalue weighted by atomic mass is 127. The monoisotopic (exact) mass is 502 g/mol. The fourth-order valence-electron chi connectivity index (χ4n) is 2.36. The summed E-state index contributed by atoms with van der Waals surface area (Å²) >= 11 is 3.45. The summed E-state index contributed by atoms with van der Waals surface area (Å²) in [5, 5.41) is 18.1. The topological polar surface area (TPSA) is 58.3 Å². The van der Waals surface area contributed by atoms with Crippen molar-refractivity contribution in [3.8, 4) is 0 Å². The molecule has 3 heterocycles. The summed E-state index contributed by atoms with van der Waals surface area (Å²) in [6.45, 7) is 4.02. The summed E-state index contributed by atoms with van der Waals surface area (Å²) < 4.78 is 1.97. The average molecular weight is 502 g/mol. The summed E-state index contributed by atoms with van der Waals surface area (Å²) in [6, 6.07) is 6.33. The van der Waals surface area contributed by atoms with Crippen LogP contribution in [0.25, 0.3) is 0 Å². The maximum atomic E-state index is 4.76. The van der Waals surface area contributed by atoms with Gasteiger partial charge in [-0.2, -0.15) is 11.3 Å². The molecule has 140 valence electrons. The second-order valence-electron chi connectivity index (χ2n) is 5.78. The molecule has 0 aliphatic rings. The zero-order chi connectivity index (χ0) is 17.6. The first kappa shape index (κ1) is 20.8. The third kappa shape index (κ3) is 5.52. The molecule has 0 saturated carbocycles. The second-order valence-corrected chi connectivity index (χ2v) is 7.60. The molecular formula is C17H23IN6S2. The zero-order valence-electron chi connectivity index (χ0n) is 15.0. The molecule has 0 fully saturated rings. The fourth-order valence-corrected chi connectivity index (χ4v) is 3.66. The molecule has 0 bridgehead atoms. The number of aliphatic imine (C=N–C) groups is 1. The van der Waals surface area contributed by atoms with Gasteiger partial charge in [-0.15, -0.1) is 45.5 Å². The third-order valence-corrected chi connectivity index (χ3v) is 5.52. The van der Waals surface area contributed by atoms with Gasteiger partial charge in [0.15, 0.2) is 11.8 Å². The standard InChI is InChI=1S/C17H22N6S2.HI/c1-13-20-21-16(23(13)3)10-19-17(18-9-15-5-4-7-25-15)22(2)11-14-6-8-24-12-14;/h4-8,12H,9-11H2,1-3H3,(H,18,19);1H.